The van der Waals surface area contributed by atoms with Gasteiger partial charge in [-0.1, -0.05) is 6.07 Å². The number of pyridine rings is 1. The van der Waals surface area contributed by atoms with E-state index in [2.05, 4.69) is 10.3 Å². The molecular weight excluding hydrogens is 282 g/mol. The van der Waals surface area contributed by atoms with Gasteiger partial charge < -0.3 is 15.0 Å². The third kappa shape index (κ3) is 4.19. The molecule has 1 N–H and O–H groups in total. The zero-order valence-electron chi connectivity index (χ0n) is 13.2. The van der Waals surface area contributed by atoms with Crippen molar-refractivity contribution in [2.45, 2.75) is 33.2 Å². The summed E-state index contributed by atoms with van der Waals surface area (Å²) < 4.78 is 5.45. The van der Waals surface area contributed by atoms with E-state index in [1.807, 2.05) is 19.1 Å². The van der Waals surface area contributed by atoms with Crippen molar-refractivity contribution in [1.82, 2.24) is 15.2 Å². The van der Waals surface area contributed by atoms with Gasteiger partial charge in [0.1, 0.15) is 0 Å². The maximum absolute atomic E-state index is 12.2. The lowest BCUT2D eigenvalue weighted by molar-refractivity contribution is -0.134. The summed E-state index contributed by atoms with van der Waals surface area (Å²) in [5, 5.41) is 2.95. The molecule has 1 aromatic rings. The highest BCUT2D eigenvalue weighted by Gasteiger charge is 2.25. The second-order valence-corrected chi connectivity index (χ2v) is 5.40. The van der Waals surface area contributed by atoms with Crippen LogP contribution in [-0.4, -0.2) is 41.4 Å². The summed E-state index contributed by atoms with van der Waals surface area (Å²) in [6, 6.07) is 3.73. The maximum atomic E-state index is 12.2. The zero-order valence-corrected chi connectivity index (χ0v) is 13.2. The molecule has 120 valence electrons. The third-order valence-electron chi connectivity index (χ3n) is 3.90. The summed E-state index contributed by atoms with van der Waals surface area (Å²) >= 11 is 0. The second kappa shape index (κ2) is 7.77. The summed E-state index contributed by atoms with van der Waals surface area (Å²) in [6.45, 7) is 5.74. The molecule has 0 radical (unpaired) electrons. The molecule has 2 heterocycles. The van der Waals surface area contributed by atoms with Gasteiger partial charge in [-0.25, -0.2) is 4.98 Å². The molecule has 6 heteroatoms. The number of amides is 2. The molecule has 1 saturated heterocycles. The first kappa shape index (κ1) is 16.3. The monoisotopic (exact) mass is 305 g/mol. The Morgan fingerprint density at radius 2 is 2.14 bits per heavy atom. The lowest BCUT2D eigenvalue weighted by atomic mass is 9.96. The van der Waals surface area contributed by atoms with Crippen molar-refractivity contribution in [1.29, 1.82) is 0 Å². The highest BCUT2D eigenvalue weighted by Crippen LogP contribution is 2.18. The van der Waals surface area contributed by atoms with E-state index in [-0.39, 0.29) is 17.7 Å². The minimum absolute atomic E-state index is 0.0252. The fourth-order valence-corrected chi connectivity index (χ4v) is 2.61. The second-order valence-electron chi connectivity index (χ2n) is 5.40. The number of piperidine rings is 1. The number of carbonyl (C=O) groups is 2. The van der Waals surface area contributed by atoms with Crippen molar-refractivity contribution in [3.63, 3.8) is 0 Å². The van der Waals surface area contributed by atoms with E-state index in [0.29, 0.717) is 32.1 Å². The zero-order chi connectivity index (χ0) is 15.9. The summed E-state index contributed by atoms with van der Waals surface area (Å²) in [6.07, 6.45) is 3.11. The average molecular weight is 305 g/mol. The van der Waals surface area contributed by atoms with Crippen molar-refractivity contribution in [2.75, 3.05) is 19.7 Å². The standard InChI is InChI=1S/C16H23N3O3/c1-3-22-16-14(5-4-8-17-16)11-18-15(21)13-6-9-19(10-7-13)12(2)20/h4-5,8,13H,3,6-7,9-11H2,1-2H3,(H,18,21). The molecule has 6 nitrogen and oxygen atoms in total. The molecule has 0 spiro atoms. The number of nitrogens with zero attached hydrogens (tertiary/aromatic N) is 2. The first-order valence-corrected chi connectivity index (χ1v) is 7.71. The lowest BCUT2D eigenvalue weighted by Gasteiger charge is -2.30. The van der Waals surface area contributed by atoms with Gasteiger partial charge in [-0.3, -0.25) is 9.59 Å². The van der Waals surface area contributed by atoms with Gasteiger partial charge in [0.25, 0.3) is 0 Å². The Morgan fingerprint density at radius 1 is 1.41 bits per heavy atom. The predicted octanol–water partition coefficient (Wildman–Crippen LogP) is 1.35. The van der Waals surface area contributed by atoms with Crippen molar-refractivity contribution < 1.29 is 14.3 Å². The largest absolute Gasteiger partial charge is 0.478 e. The molecular formula is C16H23N3O3. The number of nitrogens with one attached hydrogen (secondary N) is 1. The summed E-state index contributed by atoms with van der Waals surface area (Å²) in [5.74, 6) is 0.657. The molecule has 2 amide bonds. The van der Waals surface area contributed by atoms with E-state index in [1.165, 1.54) is 0 Å². The Bertz CT molecular complexity index is 525. The van der Waals surface area contributed by atoms with Gasteiger partial charge in [-0.2, -0.15) is 0 Å². The lowest BCUT2D eigenvalue weighted by Crippen LogP contribution is -2.42. The van der Waals surface area contributed by atoms with E-state index >= 15 is 0 Å². The SMILES string of the molecule is CCOc1ncccc1CNC(=O)C1CCN(C(C)=O)CC1. The summed E-state index contributed by atoms with van der Waals surface area (Å²) in [5.41, 5.74) is 0.874. The van der Waals surface area contributed by atoms with Gasteiger partial charge >= 0.3 is 0 Å². The molecule has 1 fully saturated rings. The molecule has 0 aliphatic carbocycles. The fourth-order valence-electron chi connectivity index (χ4n) is 2.61. The third-order valence-corrected chi connectivity index (χ3v) is 3.90. The van der Waals surface area contributed by atoms with E-state index in [1.54, 1.807) is 18.0 Å². The molecule has 1 aromatic heterocycles. The molecule has 2 rings (SSSR count). The van der Waals surface area contributed by atoms with Crippen LogP contribution in [0.4, 0.5) is 0 Å². The average Bonchev–Trinajstić information content (AvgIpc) is 2.54. The van der Waals surface area contributed by atoms with Gasteiger partial charge in [0, 0.05) is 44.2 Å². The van der Waals surface area contributed by atoms with Crippen LogP contribution in [0.15, 0.2) is 18.3 Å². The number of carbonyl (C=O) groups excluding carboxylic acids is 2. The van der Waals surface area contributed by atoms with Crippen LogP contribution >= 0.6 is 0 Å². The van der Waals surface area contributed by atoms with E-state index in [0.717, 1.165) is 18.4 Å². The number of rotatable bonds is 5. The first-order chi connectivity index (χ1) is 10.6. The van der Waals surface area contributed by atoms with Gasteiger partial charge in [-0.15, -0.1) is 0 Å². The minimum Gasteiger partial charge on any atom is -0.478 e. The van der Waals surface area contributed by atoms with Crippen LogP contribution < -0.4 is 10.1 Å². The molecule has 0 bridgehead atoms. The molecule has 0 unspecified atom stereocenters. The minimum atomic E-state index is -0.0252. The molecule has 0 saturated carbocycles. The van der Waals surface area contributed by atoms with Crippen LogP contribution in [0.5, 0.6) is 5.88 Å². The molecule has 0 atom stereocenters. The number of ether oxygens (including phenoxy) is 1. The van der Waals surface area contributed by atoms with Crippen LogP contribution in [0.3, 0.4) is 0 Å². The first-order valence-electron chi connectivity index (χ1n) is 7.71. The quantitative estimate of drug-likeness (QED) is 0.891. The molecule has 1 aliphatic heterocycles. The van der Waals surface area contributed by atoms with Gasteiger partial charge in [0.2, 0.25) is 17.7 Å². The van der Waals surface area contributed by atoms with E-state index in [4.69, 9.17) is 4.74 Å². The summed E-state index contributed by atoms with van der Waals surface area (Å²) in [7, 11) is 0. The Morgan fingerprint density at radius 3 is 2.77 bits per heavy atom. The van der Waals surface area contributed by atoms with Gasteiger partial charge in [0.05, 0.1) is 6.61 Å². The Labute approximate surface area is 130 Å². The molecule has 0 aromatic carbocycles. The van der Waals surface area contributed by atoms with Gasteiger partial charge in [-0.05, 0) is 25.8 Å². The van der Waals surface area contributed by atoms with Gasteiger partial charge in [0.15, 0.2) is 0 Å². The van der Waals surface area contributed by atoms with Crippen LogP contribution in [-0.2, 0) is 16.1 Å². The number of likely N-dealkylation sites (tertiary alicyclic amines) is 1. The van der Waals surface area contributed by atoms with Crippen LogP contribution in [0.2, 0.25) is 0 Å². The van der Waals surface area contributed by atoms with Crippen LogP contribution in [0, 0.1) is 5.92 Å². The van der Waals surface area contributed by atoms with Crippen LogP contribution in [0.25, 0.3) is 0 Å². The topological polar surface area (TPSA) is 71.5 Å². The van der Waals surface area contributed by atoms with Crippen molar-refractivity contribution >= 4 is 11.8 Å². The molecule has 22 heavy (non-hydrogen) atoms. The Kier molecular flexibility index (Phi) is 5.75. The fraction of sp³-hybridized carbons (Fsp3) is 0.562. The van der Waals surface area contributed by atoms with Crippen molar-refractivity contribution in [3.05, 3.63) is 23.9 Å². The number of hydrogen-bond donors (Lipinski definition) is 1. The summed E-state index contributed by atoms with van der Waals surface area (Å²) in [4.78, 5) is 29.5. The van der Waals surface area contributed by atoms with E-state index in [9.17, 15) is 9.59 Å². The Balaban J connectivity index is 1.85. The Hall–Kier alpha value is -2.11. The van der Waals surface area contributed by atoms with Crippen LogP contribution in [0.1, 0.15) is 32.3 Å². The highest BCUT2D eigenvalue weighted by molar-refractivity contribution is 5.79. The molecule has 1 aliphatic rings. The van der Waals surface area contributed by atoms with Crippen molar-refractivity contribution in [2.24, 2.45) is 5.92 Å². The maximum Gasteiger partial charge on any atom is 0.223 e. The highest BCUT2D eigenvalue weighted by atomic mass is 16.5. The van der Waals surface area contributed by atoms with E-state index < -0.39 is 0 Å². The predicted molar refractivity (Wildman–Crippen MR) is 82.2 cm³/mol. The smallest absolute Gasteiger partial charge is 0.223 e. The normalized spacial score (nSPS) is 15.5. The number of hydrogen-bond acceptors (Lipinski definition) is 4. The number of aromatic nitrogens is 1. The van der Waals surface area contributed by atoms with Crippen molar-refractivity contribution in [3.8, 4) is 5.88 Å².